The first kappa shape index (κ1) is 29.0. The molecule has 0 saturated carbocycles. The van der Waals surface area contributed by atoms with Crippen LogP contribution < -0.4 is 5.32 Å². The van der Waals surface area contributed by atoms with Crippen LogP contribution in [-0.2, 0) is 28.7 Å². The van der Waals surface area contributed by atoms with E-state index < -0.39 is 60.2 Å². The number of cyclic esters (lactones) is 1. The molecular formula is C31H39N3O7. The van der Waals surface area contributed by atoms with Crippen LogP contribution in [-0.4, -0.2) is 88.7 Å². The smallest absolute Gasteiger partial charge is 0.313 e. The van der Waals surface area contributed by atoms with Crippen LogP contribution in [0.5, 0.6) is 0 Å². The van der Waals surface area contributed by atoms with Crippen molar-refractivity contribution in [2.75, 3.05) is 26.2 Å². The number of likely N-dealkylation sites (tertiary alicyclic amines) is 1. The van der Waals surface area contributed by atoms with Gasteiger partial charge in [-0.2, -0.15) is 0 Å². The second-order valence-corrected chi connectivity index (χ2v) is 11.3. The third-order valence-corrected chi connectivity index (χ3v) is 8.54. The van der Waals surface area contributed by atoms with Crippen molar-refractivity contribution < 1.29 is 33.8 Å². The predicted octanol–water partition coefficient (Wildman–Crippen LogP) is 1.90. The summed E-state index contributed by atoms with van der Waals surface area (Å²) in [6.07, 6.45) is 8.29. The summed E-state index contributed by atoms with van der Waals surface area (Å²) in [5, 5.41) is 13.4. The van der Waals surface area contributed by atoms with Crippen LogP contribution >= 0.6 is 0 Å². The number of nitrogens with one attached hydrogen (secondary N) is 1. The largest absolute Gasteiger partial charge is 0.460 e. The van der Waals surface area contributed by atoms with E-state index in [0.717, 1.165) is 12.8 Å². The first-order valence-electron chi connectivity index (χ1n) is 14.6. The SMILES string of the molecule is CCCCN1C/C=C\CCC(=O)NC[C@H](C)OC(=O)[C@@H]2[C@H]3C(=O)N([C@H](CO)c4ccccc4)[C@H](C1=O)[C@]31C=C[C@H]2O1. The van der Waals surface area contributed by atoms with Gasteiger partial charge in [0, 0.05) is 19.5 Å². The van der Waals surface area contributed by atoms with Gasteiger partial charge in [0.15, 0.2) is 0 Å². The quantitative estimate of drug-likeness (QED) is 0.399. The van der Waals surface area contributed by atoms with E-state index in [1.54, 1.807) is 24.0 Å². The number of amides is 3. The molecule has 5 bridgehead atoms. The number of benzene rings is 1. The van der Waals surface area contributed by atoms with Crippen molar-refractivity contribution >= 4 is 23.7 Å². The Labute approximate surface area is 240 Å². The number of aliphatic hydroxyl groups is 1. The predicted molar refractivity (Wildman–Crippen MR) is 149 cm³/mol. The maximum absolute atomic E-state index is 14.5. The van der Waals surface area contributed by atoms with Gasteiger partial charge in [0.2, 0.25) is 17.7 Å². The Morgan fingerprint density at radius 3 is 2.63 bits per heavy atom. The average Bonchev–Trinajstić information content (AvgIpc) is 3.61. The van der Waals surface area contributed by atoms with Gasteiger partial charge >= 0.3 is 5.97 Å². The minimum atomic E-state index is -1.37. The van der Waals surface area contributed by atoms with Gasteiger partial charge in [-0.1, -0.05) is 68.0 Å². The van der Waals surface area contributed by atoms with Gasteiger partial charge in [0.05, 0.1) is 31.2 Å². The lowest BCUT2D eigenvalue weighted by Gasteiger charge is -2.39. The van der Waals surface area contributed by atoms with Gasteiger partial charge < -0.3 is 29.7 Å². The molecule has 220 valence electrons. The van der Waals surface area contributed by atoms with E-state index in [2.05, 4.69) is 5.32 Å². The Balaban J connectivity index is 1.60. The lowest BCUT2D eigenvalue weighted by molar-refractivity contribution is -0.159. The highest BCUT2D eigenvalue weighted by Gasteiger charge is 2.74. The number of hydrogen-bond acceptors (Lipinski definition) is 7. The van der Waals surface area contributed by atoms with Crippen molar-refractivity contribution in [3.63, 3.8) is 0 Å². The molecule has 1 spiro atoms. The Morgan fingerprint density at radius 2 is 1.90 bits per heavy atom. The van der Waals surface area contributed by atoms with E-state index in [1.807, 2.05) is 49.4 Å². The van der Waals surface area contributed by atoms with Crippen molar-refractivity contribution in [3.8, 4) is 0 Å². The van der Waals surface area contributed by atoms with Crippen molar-refractivity contribution in [1.29, 1.82) is 0 Å². The standard InChI is InChI=1S/C31H39N3O7/c1-3-4-16-33-17-10-6-9-13-24(36)32-18-20(2)40-30(39)25-23-14-15-31(41-23)26(25)28(37)34(27(31)29(33)38)22(19-35)21-11-7-5-8-12-21/h5-8,10-12,14-15,20,22-23,25-27,35H,3-4,9,13,16-19H2,1-2H3,(H,32,36)/b10-6-/t20-,22+,23+,25-,26-,27+,31-/m0/s1. The molecule has 4 aliphatic heterocycles. The lowest BCUT2D eigenvalue weighted by atomic mass is 9.74. The molecule has 41 heavy (non-hydrogen) atoms. The summed E-state index contributed by atoms with van der Waals surface area (Å²) >= 11 is 0. The Bertz CT molecular complexity index is 1220. The number of allylic oxidation sites excluding steroid dienone is 1. The maximum atomic E-state index is 14.5. The van der Waals surface area contributed by atoms with Gasteiger partial charge in [-0.25, -0.2) is 0 Å². The summed E-state index contributed by atoms with van der Waals surface area (Å²) in [5.74, 6) is -3.44. The molecule has 10 heteroatoms. The molecule has 1 aromatic carbocycles. The number of unbranched alkanes of at least 4 members (excludes halogenated alkanes) is 1. The van der Waals surface area contributed by atoms with Crippen molar-refractivity contribution in [2.24, 2.45) is 11.8 Å². The first-order valence-corrected chi connectivity index (χ1v) is 14.6. The molecule has 1 aromatic rings. The lowest BCUT2D eigenvalue weighted by Crippen LogP contribution is -2.56. The molecule has 4 heterocycles. The van der Waals surface area contributed by atoms with Crippen LogP contribution in [0.2, 0.25) is 0 Å². The zero-order valence-corrected chi connectivity index (χ0v) is 23.6. The van der Waals surface area contributed by atoms with Gasteiger partial charge in [0.1, 0.15) is 23.7 Å². The Hall–Kier alpha value is -3.50. The number of nitrogens with zero attached hydrogens (tertiary/aromatic N) is 2. The minimum absolute atomic E-state index is 0.144. The number of carbonyl (C=O) groups is 4. The van der Waals surface area contributed by atoms with E-state index >= 15 is 0 Å². The fourth-order valence-corrected chi connectivity index (χ4v) is 6.53. The van der Waals surface area contributed by atoms with Crippen molar-refractivity contribution in [2.45, 2.75) is 69.4 Å². The zero-order valence-electron chi connectivity index (χ0n) is 23.6. The number of hydrogen-bond donors (Lipinski definition) is 2. The molecule has 5 rings (SSSR count). The molecule has 7 atom stereocenters. The number of esters is 1. The van der Waals surface area contributed by atoms with E-state index in [4.69, 9.17) is 9.47 Å². The highest BCUT2D eigenvalue weighted by Crippen LogP contribution is 2.57. The summed E-state index contributed by atoms with van der Waals surface area (Å²) in [6.45, 7) is 4.22. The fraction of sp³-hybridized carbons (Fsp3) is 0.548. The summed E-state index contributed by atoms with van der Waals surface area (Å²) in [4.78, 5) is 57.9. The van der Waals surface area contributed by atoms with E-state index in [1.165, 1.54) is 4.90 Å². The maximum Gasteiger partial charge on any atom is 0.313 e. The molecule has 0 aliphatic carbocycles. The van der Waals surface area contributed by atoms with E-state index in [0.29, 0.717) is 25.1 Å². The normalized spacial score (nSPS) is 33.5. The second kappa shape index (κ2) is 12.2. The molecule has 10 nitrogen and oxygen atoms in total. The van der Waals surface area contributed by atoms with E-state index in [9.17, 15) is 24.3 Å². The summed E-state index contributed by atoms with van der Waals surface area (Å²) in [6, 6.07) is 7.21. The highest BCUT2D eigenvalue weighted by molar-refractivity contribution is 5.99. The molecule has 2 saturated heterocycles. The van der Waals surface area contributed by atoms with Crippen LogP contribution in [0.3, 0.4) is 0 Å². The molecular weight excluding hydrogens is 526 g/mol. The average molecular weight is 566 g/mol. The number of fused-ring (bicyclic) bond motifs is 2. The van der Waals surface area contributed by atoms with Gasteiger partial charge in [-0.15, -0.1) is 0 Å². The number of aliphatic hydroxyl groups excluding tert-OH is 1. The van der Waals surface area contributed by atoms with Crippen LogP contribution in [0.4, 0.5) is 0 Å². The molecule has 2 fully saturated rings. The van der Waals surface area contributed by atoms with Gasteiger partial charge in [-0.3, -0.25) is 19.2 Å². The van der Waals surface area contributed by atoms with Gasteiger partial charge in [-0.05, 0) is 25.3 Å². The fourth-order valence-electron chi connectivity index (χ4n) is 6.53. The molecule has 0 aromatic heterocycles. The van der Waals surface area contributed by atoms with Crippen LogP contribution in [0.15, 0.2) is 54.6 Å². The second-order valence-electron chi connectivity index (χ2n) is 11.3. The Morgan fingerprint density at radius 1 is 1.12 bits per heavy atom. The third kappa shape index (κ3) is 5.30. The molecule has 3 amide bonds. The van der Waals surface area contributed by atoms with Gasteiger partial charge in [0.25, 0.3) is 0 Å². The number of rotatable bonds is 6. The van der Waals surface area contributed by atoms with E-state index in [-0.39, 0.29) is 24.8 Å². The molecule has 0 radical (unpaired) electrons. The van der Waals surface area contributed by atoms with Crippen LogP contribution in [0.25, 0.3) is 0 Å². The molecule has 4 aliphatic rings. The number of carbonyl (C=O) groups excluding carboxylic acids is 4. The molecule has 2 N–H and O–H groups in total. The van der Waals surface area contributed by atoms with Crippen LogP contribution in [0.1, 0.15) is 51.1 Å². The summed E-state index contributed by atoms with van der Waals surface area (Å²) in [5.41, 5.74) is -0.689. The summed E-state index contributed by atoms with van der Waals surface area (Å²) in [7, 11) is 0. The summed E-state index contributed by atoms with van der Waals surface area (Å²) < 4.78 is 12.2. The molecule has 0 unspecified atom stereocenters. The van der Waals surface area contributed by atoms with Crippen molar-refractivity contribution in [3.05, 3.63) is 60.2 Å². The Kier molecular flexibility index (Phi) is 8.60. The zero-order chi connectivity index (χ0) is 29.1. The third-order valence-electron chi connectivity index (χ3n) is 8.54. The van der Waals surface area contributed by atoms with Crippen molar-refractivity contribution in [1.82, 2.24) is 15.1 Å². The van der Waals surface area contributed by atoms with Crippen LogP contribution in [0, 0.1) is 11.8 Å². The monoisotopic (exact) mass is 565 g/mol. The topological polar surface area (TPSA) is 125 Å². The highest BCUT2D eigenvalue weighted by atomic mass is 16.6. The first-order chi connectivity index (χ1) is 19.8. The number of ether oxygens (including phenoxy) is 2. The minimum Gasteiger partial charge on any atom is -0.460 e.